The van der Waals surface area contributed by atoms with E-state index in [0.29, 0.717) is 0 Å². The zero-order chi connectivity index (χ0) is 27.8. The molecule has 0 saturated heterocycles. The summed E-state index contributed by atoms with van der Waals surface area (Å²) in [5, 5.41) is 46.6. The van der Waals surface area contributed by atoms with Crippen LogP contribution in [0.25, 0.3) is 0 Å². The number of carbonyl (C=O) groups is 3. The summed E-state index contributed by atoms with van der Waals surface area (Å²) in [6.07, 6.45) is -5.64. The minimum atomic E-state index is -4.88. The molecule has 1 amide bonds. The van der Waals surface area contributed by atoms with Crippen LogP contribution < -0.4 is 11.1 Å². The summed E-state index contributed by atoms with van der Waals surface area (Å²) in [7, 11) is 4.33. The van der Waals surface area contributed by atoms with E-state index in [2.05, 4.69) is 5.32 Å². The molecule has 7 N–H and O–H groups in total. The number of phenols is 1. The first-order valence-corrected chi connectivity index (χ1v) is 11.3. The number of amides is 1. The number of nitrogens with two attached hydrogens (primary N) is 1. The van der Waals surface area contributed by atoms with Gasteiger partial charge in [0.15, 0.2) is 11.4 Å². The minimum Gasteiger partial charge on any atom is -0.510 e. The summed E-state index contributed by atoms with van der Waals surface area (Å²) in [5.41, 5.74) is -1.62. The second-order valence-corrected chi connectivity index (χ2v) is 9.77. The molecule has 10 nitrogen and oxygen atoms in total. The average Bonchev–Trinajstić information content (AvgIpc) is 2.74. The van der Waals surface area contributed by atoms with Gasteiger partial charge in [0.25, 0.3) is 5.91 Å². The number of hydrogen-bond donors (Lipinski definition) is 6. The molecule has 3 aliphatic carbocycles. The first kappa shape index (κ1) is 26.6. The fourth-order valence-corrected chi connectivity index (χ4v) is 6.07. The Kier molecular flexibility index (Phi) is 6.17. The zero-order valence-electron chi connectivity index (χ0n) is 20.1. The lowest BCUT2D eigenvalue weighted by atomic mass is 9.58. The van der Waals surface area contributed by atoms with E-state index in [0.717, 1.165) is 6.07 Å². The molecular weight excluding hydrogens is 499 g/mol. The van der Waals surface area contributed by atoms with Crippen molar-refractivity contribution in [2.24, 2.45) is 17.6 Å². The molecule has 0 fully saturated rings. The van der Waals surface area contributed by atoms with Gasteiger partial charge in [-0.2, -0.15) is 13.2 Å². The van der Waals surface area contributed by atoms with Gasteiger partial charge in [0.1, 0.15) is 22.8 Å². The van der Waals surface area contributed by atoms with E-state index in [4.69, 9.17) is 5.73 Å². The molecule has 0 bridgehead atoms. The van der Waals surface area contributed by atoms with Gasteiger partial charge in [0, 0.05) is 18.0 Å². The third-order valence-corrected chi connectivity index (χ3v) is 7.46. The van der Waals surface area contributed by atoms with Crippen molar-refractivity contribution in [3.05, 3.63) is 51.0 Å². The summed E-state index contributed by atoms with van der Waals surface area (Å²) in [4.78, 5) is 40.1. The molecule has 13 heteroatoms. The molecule has 1 aromatic carbocycles. The minimum absolute atomic E-state index is 0.253. The Labute approximate surface area is 208 Å². The number of phenolic OH excluding ortho intramolecular Hbond substituents is 1. The first-order chi connectivity index (χ1) is 17.1. The molecule has 0 spiro atoms. The van der Waals surface area contributed by atoms with Crippen LogP contribution in [0.3, 0.4) is 0 Å². The highest BCUT2D eigenvalue weighted by molar-refractivity contribution is 6.24. The predicted molar refractivity (Wildman–Crippen MR) is 121 cm³/mol. The van der Waals surface area contributed by atoms with Crippen LogP contribution in [-0.4, -0.2) is 75.6 Å². The maximum absolute atomic E-state index is 14.2. The summed E-state index contributed by atoms with van der Waals surface area (Å²) >= 11 is 0. The summed E-state index contributed by atoms with van der Waals surface area (Å²) in [6.45, 7) is -0.253. The first-order valence-electron chi connectivity index (χ1n) is 11.3. The van der Waals surface area contributed by atoms with E-state index in [1.807, 2.05) is 0 Å². The van der Waals surface area contributed by atoms with Crippen molar-refractivity contribution in [2.75, 3.05) is 21.1 Å². The standard InChI is InChI=1S/C24H26F3N3O7/c1-29-7-9-6-12(31)14-10(16(9)24(25,26)27)4-8-5-11-17(30(2)3)19(33)15(22(28)36)21(35)23(11,37)20(34)13(8)18(14)32/h6,8,11,17,29,31,33-34,37H,4-5,7H2,1-3H3,(H2,28,36)/t8-,11-,17-,23-/m0/s1. The molecule has 3 aliphatic rings. The number of Topliss-reactive ketones (excluding diaryl/α,β-unsaturated/α-hetero) is 2. The topological polar surface area (TPSA) is 173 Å². The Morgan fingerprint density at radius 3 is 2.38 bits per heavy atom. The number of nitrogens with one attached hydrogen (secondary N) is 1. The van der Waals surface area contributed by atoms with Gasteiger partial charge in [0.2, 0.25) is 5.78 Å². The Hall–Kier alpha value is -3.42. The molecule has 0 aliphatic heterocycles. The lowest BCUT2D eigenvalue weighted by Gasteiger charge is -2.50. The molecule has 200 valence electrons. The summed E-state index contributed by atoms with van der Waals surface area (Å²) < 4.78 is 42.5. The van der Waals surface area contributed by atoms with Crippen LogP contribution in [0, 0.1) is 11.8 Å². The molecule has 4 atom stereocenters. The smallest absolute Gasteiger partial charge is 0.417 e. The highest BCUT2D eigenvalue weighted by atomic mass is 19.4. The van der Waals surface area contributed by atoms with E-state index in [9.17, 15) is 48.0 Å². The molecule has 0 radical (unpaired) electrons. The summed E-state index contributed by atoms with van der Waals surface area (Å²) in [5.74, 6) is -9.05. The average molecular weight is 525 g/mol. The van der Waals surface area contributed by atoms with Gasteiger partial charge in [0.05, 0.1) is 17.2 Å². The van der Waals surface area contributed by atoms with Gasteiger partial charge in [-0.1, -0.05) is 0 Å². The number of likely N-dealkylation sites (N-methyl/N-ethyl adjacent to an activating group) is 1. The number of hydrogen-bond acceptors (Lipinski definition) is 9. The van der Waals surface area contributed by atoms with Crippen molar-refractivity contribution in [3.8, 4) is 5.75 Å². The molecule has 0 heterocycles. The number of rotatable bonds is 4. The van der Waals surface area contributed by atoms with Gasteiger partial charge in [-0.15, -0.1) is 0 Å². The molecule has 1 aromatic rings. The monoisotopic (exact) mass is 525 g/mol. The van der Waals surface area contributed by atoms with Gasteiger partial charge >= 0.3 is 6.18 Å². The molecule has 0 aromatic heterocycles. The number of benzene rings is 1. The van der Waals surface area contributed by atoms with Crippen molar-refractivity contribution < 1.29 is 48.0 Å². The number of allylic oxidation sites excluding steroid dienone is 1. The molecule has 0 unspecified atom stereocenters. The number of alkyl halides is 3. The fourth-order valence-electron chi connectivity index (χ4n) is 6.07. The molecular formula is C24H26F3N3O7. The van der Waals surface area contributed by atoms with Crippen molar-refractivity contribution in [1.29, 1.82) is 0 Å². The highest BCUT2D eigenvalue weighted by Gasteiger charge is 2.63. The van der Waals surface area contributed by atoms with Crippen LogP contribution in [0.1, 0.15) is 33.5 Å². The molecule has 0 saturated carbocycles. The van der Waals surface area contributed by atoms with E-state index < -0.39 is 98.7 Å². The lowest BCUT2D eigenvalue weighted by molar-refractivity contribution is -0.148. The molecule has 4 rings (SSSR count). The number of halogens is 3. The lowest BCUT2D eigenvalue weighted by Crippen LogP contribution is -2.63. The Bertz CT molecular complexity index is 1300. The highest BCUT2D eigenvalue weighted by Crippen LogP contribution is 2.53. The van der Waals surface area contributed by atoms with E-state index in [-0.39, 0.29) is 18.5 Å². The fraction of sp³-hybridized carbons (Fsp3) is 0.458. The van der Waals surface area contributed by atoms with E-state index >= 15 is 0 Å². The van der Waals surface area contributed by atoms with Crippen LogP contribution in [-0.2, 0) is 28.7 Å². The van der Waals surface area contributed by atoms with Gasteiger partial charge in [-0.3, -0.25) is 19.3 Å². The van der Waals surface area contributed by atoms with Crippen molar-refractivity contribution in [2.45, 2.75) is 37.2 Å². The maximum atomic E-state index is 14.2. The number of aliphatic hydroxyl groups excluding tert-OH is 2. The van der Waals surface area contributed by atoms with Crippen LogP contribution >= 0.6 is 0 Å². The van der Waals surface area contributed by atoms with Gasteiger partial charge in [-0.25, -0.2) is 0 Å². The van der Waals surface area contributed by atoms with Crippen molar-refractivity contribution >= 4 is 17.5 Å². The third kappa shape index (κ3) is 3.63. The maximum Gasteiger partial charge on any atom is 0.417 e. The zero-order valence-corrected chi connectivity index (χ0v) is 20.1. The quantitative estimate of drug-likeness (QED) is 0.312. The van der Waals surface area contributed by atoms with Gasteiger partial charge in [-0.05, 0) is 57.1 Å². The predicted octanol–water partition coefficient (Wildman–Crippen LogP) is 0.859. The second kappa shape index (κ2) is 8.57. The summed E-state index contributed by atoms with van der Waals surface area (Å²) in [6, 6.07) is -0.426. The van der Waals surface area contributed by atoms with Crippen molar-refractivity contribution in [1.82, 2.24) is 10.2 Å². The van der Waals surface area contributed by atoms with E-state index in [1.54, 1.807) is 0 Å². The number of carbonyl (C=O) groups excluding carboxylic acids is 3. The van der Waals surface area contributed by atoms with Crippen LogP contribution in [0.15, 0.2) is 28.7 Å². The van der Waals surface area contributed by atoms with Crippen LogP contribution in [0.2, 0.25) is 0 Å². The number of nitrogens with zero attached hydrogens (tertiary/aromatic N) is 1. The largest absolute Gasteiger partial charge is 0.510 e. The third-order valence-electron chi connectivity index (χ3n) is 7.46. The molecule has 37 heavy (non-hydrogen) atoms. The van der Waals surface area contributed by atoms with E-state index in [1.165, 1.54) is 26.0 Å². The van der Waals surface area contributed by atoms with Crippen molar-refractivity contribution in [3.63, 3.8) is 0 Å². The Morgan fingerprint density at radius 1 is 1.24 bits per heavy atom. The van der Waals surface area contributed by atoms with Crippen LogP contribution in [0.5, 0.6) is 5.75 Å². The number of primary amides is 1. The number of ketones is 2. The SMILES string of the molecule is CNCc1cc(O)c2c(c1C(F)(F)F)C[C@H]1C[C@H]3[C@H](N(C)C)C(O)=C(C(N)=O)C(=O)[C@@]3(O)C(O)=C1C2=O. The number of aliphatic hydroxyl groups is 3. The van der Waals surface area contributed by atoms with Gasteiger partial charge < -0.3 is 31.5 Å². The number of fused-ring (bicyclic) bond motifs is 3. The second-order valence-electron chi connectivity index (χ2n) is 9.77. The Balaban J connectivity index is 2.00. The van der Waals surface area contributed by atoms with Crippen LogP contribution in [0.4, 0.5) is 13.2 Å². The number of aromatic hydroxyl groups is 1. The Morgan fingerprint density at radius 2 is 1.86 bits per heavy atom. The normalized spacial score (nSPS) is 27.8.